The molecule has 94 valence electrons. The number of likely N-dealkylation sites (N-methyl/N-ethyl adjacent to an activating group) is 1. The molecule has 0 spiro atoms. The quantitative estimate of drug-likeness (QED) is 0.906. The molecule has 0 amide bonds. The molecule has 2 N–H and O–H groups in total. The minimum atomic E-state index is 0. The van der Waals surface area contributed by atoms with Crippen LogP contribution >= 0.6 is 24.8 Å². The van der Waals surface area contributed by atoms with Gasteiger partial charge in [-0.15, -0.1) is 24.8 Å². The maximum absolute atomic E-state index is 5.73. The summed E-state index contributed by atoms with van der Waals surface area (Å²) < 4.78 is 0. The van der Waals surface area contributed by atoms with E-state index in [2.05, 4.69) is 50.2 Å². The summed E-state index contributed by atoms with van der Waals surface area (Å²) in [5, 5.41) is 0. The number of nitrogens with zero attached hydrogens (tertiary/aromatic N) is 1. The molecular weight excluding hydrogens is 243 g/mol. The summed E-state index contributed by atoms with van der Waals surface area (Å²) in [4.78, 5) is 2.15. The molecule has 0 bridgehead atoms. The molecule has 16 heavy (non-hydrogen) atoms. The highest BCUT2D eigenvalue weighted by atomic mass is 35.5. The predicted octanol–water partition coefficient (Wildman–Crippen LogP) is 2.65. The van der Waals surface area contributed by atoms with Crippen molar-refractivity contribution >= 4 is 24.8 Å². The van der Waals surface area contributed by atoms with Gasteiger partial charge in [-0.1, -0.05) is 31.2 Å². The van der Waals surface area contributed by atoms with Gasteiger partial charge in [0.2, 0.25) is 0 Å². The Labute approximate surface area is 111 Å². The van der Waals surface area contributed by atoms with Gasteiger partial charge in [-0.2, -0.15) is 0 Å². The Kier molecular flexibility index (Phi) is 9.98. The molecule has 0 fully saturated rings. The molecular formula is C12H22Cl2N2. The van der Waals surface area contributed by atoms with E-state index in [4.69, 9.17) is 5.73 Å². The fourth-order valence-electron chi connectivity index (χ4n) is 1.62. The lowest BCUT2D eigenvalue weighted by molar-refractivity contribution is 0.306. The number of aryl methyl sites for hydroxylation is 1. The number of rotatable bonds is 4. The summed E-state index contributed by atoms with van der Waals surface area (Å²) in [5.41, 5.74) is 8.41. The third-order valence-corrected chi connectivity index (χ3v) is 2.62. The zero-order valence-corrected chi connectivity index (χ0v) is 11.8. The lowest BCUT2D eigenvalue weighted by Crippen LogP contribution is -2.27. The standard InChI is InChI=1S/C12H20N2.2ClH/c1-4-10-5-7-11(8-6-10)12(9-13)14(2)3;;/h5-8,12H,4,9,13H2,1-3H3;2*1H. The minimum Gasteiger partial charge on any atom is -0.329 e. The Morgan fingerprint density at radius 2 is 1.62 bits per heavy atom. The molecule has 1 aromatic carbocycles. The van der Waals surface area contributed by atoms with Crippen molar-refractivity contribution in [1.29, 1.82) is 0 Å². The third-order valence-electron chi connectivity index (χ3n) is 2.62. The van der Waals surface area contributed by atoms with E-state index in [-0.39, 0.29) is 24.8 Å². The molecule has 0 saturated carbocycles. The van der Waals surface area contributed by atoms with Crippen LogP contribution in [0.4, 0.5) is 0 Å². The highest BCUT2D eigenvalue weighted by Crippen LogP contribution is 2.17. The molecule has 0 aliphatic rings. The zero-order valence-electron chi connectivity index (χ0n) is 10.1. The summed E-state index contributed by atoms with van der Waals surface area (Å²) in [5.74, 6) is 0. The number of nitrogens with two attached hydrogens (primary N) is 1. The van der Waals surface area contributed by atoms with Crippen molar-refractivity contribution in [2.24, 2.45) is 5.73 Å². The van der Waals surface area contributed by atoms with Crippen LogP contribution in [-0.4, -0.2) is 25.5 Å². The van der Waals surface area contributed by atoms with Crippen LogP contribution in [0.15, 0.2) is 24.3 Å². The van der Waals surface area contributed by atoms with Crippen LogP contribution in [0.2, 0.25) is 0 Å². The highest BCUT2D eigenvalue weighted by molar-refractivity contribution is 5.85. The molecule has 1 rings (SSSR count). The predicted molar refractivity (Wildman–Crippen MR) is 75.8 cm³/mol. The second-order valence-corrected chi connectivity index (χ2v) is 3.81. The van der Waals surface area contributed by atoms with E-state index in [0.29, 0.717) is 12.6 Å². The molecule has 1 aromatic rings. The second-order valence-electron chi connectivity index (χ2n) is 3.81. The van der Waals surface area contributed by atoms with Gasteiger partial charge < -0.3 is 10.6 Å². The van der Waals surface area contributed by atoms with E-state index in [0.717, 1.165) is 6.42 Å². The lowest BCUT2D eigenvalue weighted by atomic mass is 10.0. The van der Waals surface area contributed by atoms with Gasteiger partial charge in [0.15, 0.2) is 0 Å². The molecule has 0 heterocycles. The summed E-state index contributed by atoms with van der Waals surface area (Å²) in [7, 11) is 4.12. The van der Waals surface area contributed by atoms with Gasteiger partial charge in [-0.25, -0.2) is 0 Å². The SMILES string of the molecule is CCc1ccc(C(CN)N(C)C)cc1.Cl.Cl. The van der Waals surface area contributed by atoms with Crippen molar-refractivity contribution in [3.63, 3.8) is 0 Å². The largest absolute Gasteiger partial charge is 0.329 e. The van der Waals surface area contributed by atoms with Gasteiger partial charge in [0.25, 0.3) is 0 Å². The fourth-order valence-corrected chi connectivity index (χ4v) is 1.62. The first-order valence-corrected chi connectivity index (χ1v) is 5.14. The summed E-state index contributed by atoms with van der Waals surface area (Å²) in [6, 6.07) is 9.05. The van der Waals surface area contributed by atoms with E-state index in [1.807, 2.05) is 0 Å². The summed E-state index contributed by atoms with van der Waals surface area (Å²) in [6.07, 6.45) is 1.09. The van der Waals surface area contributed by atoms with Crippen molar-refractivity contribution < 1.29 is 0 Å². The Bertz CT molecular complexity index is 273. The number of hydrogen-bond acceptors (Lipinski definition) is 2. The topological polar surface area (TPSA) is 29.3 Å². The van der Waals surface area contributed by atoms with E-state index < -0.39 is 0 Å². The molecule has 0 aromatic heterocycles. The van der Waals surface area contributed by atoms with Crippen molar-refractivity contribution in [1.82, 2.24) is 4.90 Å². The lowest BCUT2D eigenvalue weighted by Gasteiger charge is -2.23. The molecule has 0 saturated heterocycles. The first-order valence-electron chi connectivity index (χ1n) is 5.14. The van der Waals surface area contributed by atoms with Crippen LogP contribution in [0.25, 0.3) is 0 Å². The number of benzene rings is 1. The Hall–Kier alpha value is -0.280. The van der Waals surface area contributed by atoms with Crippen molar-refractivity contribution in [2.75, 3.05) is 20.6 Å². The molecule has 0 aliphatic heterocycles. The molecule has 1 unspecified atom stereocenters. The highest BCUT2D eigenvalue weighted by Gasteiger charge is 2.10. The van der Waals surface area contributed by atoms with E-state index in [1.165, 1.54) is 11.1 Å². The van der Waals surface area contributed by atoms with Gasteiger partial charge in [0.1, 0.15) is 0 Å². The molecule has 2 nitrogen and oxygen atoms in total. The first kappa shape index (κ1) is 18.1. The van der Waals surface area contributed by atoms with Gasteiger partial charge in [-0.05, 0) is 31.6 Å². The Morgan fingerprint density at radius 3 is 1.94 bits per heavy atom. The van der Waals surface area contributed by atoms with Crippen molar-refractivity contribution in [3.8, 4) is 0 Å². The smallest absolute Gasteiger partial charge is 0.0464 e. The normalized spacial score (nSPS) is 11.6. The van der Waals surface area contributed by atoms with Crippen LogP contribution in [0.5, 0.6) is 0 Å². The zero-order chi connectivity index (χ0) is 10.6. The van der Waals surface area contributed by atoms with Gasteiger partial charge in [0.05, 0.1) is 0 Å². The number of halogens is 2. The molecule has 1 atom stereocenters. The van der Waals surface area contributed by atoms with Crippen LogP contribution < -0.4 is 5.73 Å². The monoisotopic (exact) mass is 264 g/mol. The molecule has 0 radical (unpaired) electrons. The minimum absolute atomic E-state index is 0. The maximum Gasteiger partial charge on any atom is 0.0464 e. The van der Waals surface area contributed by atoms with E-state index in [1.54, 1.807) is 0 Å². The van der Waals surface area contributed by atoms with Crippen LogP contribution in [0, 0.1) is 0 Å². The fraction of sp³-hybridized carbons (Fsp3) is 0.500. The first-order chi connectivity index (χ1) is 6.69. The van der Waals surface area contributed by atoms with Crippen molar-refractivity contribution in [3.05, 3.63) is 35.4 Å². The average molecular weight is 265 g/mol. The Morgan fingerprint density at radius 1 is 1.12 bits per heavy atom. The summed E-state index contributed by atoms with van der Waals surface area (Å²) >= 11 is 0. The van der Waals surface area contributed by atoms with Gasteiger partial charge in [-0.3, -0.25) is 0 Å². The maximum atomic E-state index is 5.73. The van der Waals surface area contributed by atoms with Crippen LogP contribution in [0.3, 0.4) is 0 Å². The molecule has 4 heteroatoms. The van der Waals surface area contributed by atoms with Crippen LogP contribution in [0.1, 0.15) is 24.1 Å². The van der Waals surface area contributed by atoms with Crippen LogP contribution in [-0.2, 0) is 6.42 Å². The average Bonchev–Trinajstić information content (AvgIpc) is 2.19. The van der Waals surface area contributed by atoms with Gasteiger partial charge >= 0.3 is 0 Å². The van der Waals surface area contributed by atoms with Crippen molar-refractivity contribution in [2.45, 2.75) is 19.4 Å². The second kappa shape index (κ2) is 8.82. The summed E-state index contributed by atoms with van der Waals surface area (Å²) in [6.45, 7) is 2.83. The third kappa shape index (κ3) is 4.71. The van der Waals surface area contributed by atoms with E-state index >= 15 is 0 Å². The Balaban J connectivity index is 0. The van der Waals surface area contributed by atoms with E-state index in [9.17, 15) is 0 Å². The van der Waals surface area contributed by atoms with Gasteiger partial charge in [0, 0.05) is 12.6 Å². The molecule has 0 aliphatic carbocycles. The number of hydrogen-bond donors (Lipinski definition) is 1.